The first-order valence-corrected chi connectivity index (χ1v) is 7.65. The Hall–Kier alpha value is -1.77. The molecule has 0 radical (unpaired) electrons. The van der Waals surface area contributed by atoms with Gasteiger partial charge in [-0.15, -0.1) is 0 Å². The average molecular weight is 269 g/mol. The number of nitrogens with one attached hydrogen (secondary N) is 1. The Balaban J connectivity index is 1.65. The molecule has 1 aliphatic carbocycles. The SMILES string of the molecule is Cc1ccc(CNc2nccn2C2CCCCC2)cc1. The van der Waals surface area contributed by atoms with Crippen molar-refractivity contribution in [2.45, 2.75) is 51.6 Å². The van der Waals surface area contributed by atoms with Crippen LogP contribution in [0.5, 0.6) is 0 Å². The zero-order valence-corrected chi connectivity index (χ0v) is 12.2. The normalized spacial score (nSPS) is 16.2. The number of hydrogen-bond acceptors (Lipinski definition) is 2. The van der Waals surface area contributed by atoms with Gasteiger partial charge in [-0.25, -0.2) is 4.98 Å². The molecule has 106 valence electrons. The van der Waals surface area contributed by atoms with Crippen molar-refractivity contribution in [3.8, 4) is 0 Å². The first-order chi connectivity index (χ1) is 9.83. The highest BCUT2D eigenvalue weighted by Crippen LogP contribution is 2.30. The van der Waals surface area contributed by atoms with Gasteiger partial charge in [0.2, 0.25) is 5.95 Å². The van der Waals surface area contributed by atoms with Gasteiger partial charge in [-0.3, -0.25) is 0 Å². The summed E-state index contributed by atoms with van der Waals surface area (Å²) in [6.07, 6.45) is 10.7. The van der Waals surface area contributed by atoms with Gasteiger partial charge < -0.3 is 9.88 Å². The fourth-order valence-corrected chi connectivity index (χ4v) is 2.99. The van der Waals surface area contributed by atoms with Gasteiger partial charge in [0.05, 0.1) is 0 Å². The van der Waals surface area contributed by atoms with Crippen molar-refractivity contribution in [3.63, 3.8) is 0 Å². The van der Waals surface area contributed by atoms with E-state index in [1.165, 1.54) is 43.2 Å². The Morgan fingerprint density at radius 2 is 1.90 bits per heavy atom. The second-order valence-electron chi connectivity index (χ2n) is 5.79. The van der Waals surface area contributed by atoms with Gasteiger partial charge in [-0.05, 0) is 25.3 Å². The maximum absolute atomic E-state index is 4.48. The lowest BCUT2D eigenvalue weighted by Gasteiger charge is -2.24. The summed E-state index contributed by atoms with van der Waals surface area (Å²) in [4.78, 5) is 4.48. The number of aryl methyl sites for hydroxylation is 1. The fraction of sp³-hybridized carbons (Fsp3) is 0.471. The summed E-state index contributed by atoms with van der Waals surface area (Å²) >= 11 is 0. The van der Waals surface area contributed by atoms with Crippen LogP contribution >= 0.6 is 0 Å². The number of anilines is 1. The Morgan fingerprint density at radius 1 is 1.15 bits per heavy atom. The highest BCUT2D eigenvalue weighted by molar-refractivity contribution is 5.30. The summed E-state index contributed by atoms with van der Waals surface area (Å²) in [5.74, 6) is 1.01. The molecule has 3 nitrogen and oxygen atoms in total. The average Bonchev–Trinajstić information content (AvgIpc) is 2.96. The van der Waals surface area contributed by atoms with E-state index in [1.807, 2.05) is 6.20 Å². The number of nitrogens with zero attached hydrogens (tertiary/aromatic N) is 2. The highest BCUT2D eigenvalue weighted by atomic mass is 15.2. The van der Waals surface area contributed by atoms with Crippen LogP contribution in [0.3, 0.4) is 0 Å². The van der Waals surface area contributed by atoms with Gasteiger partial charge in [0, 0.05) is 25.0 Å². The monoisotopic (exact) mass is 269 g/mol. The maximum Gasteiger partial charge on any atom is 0.203 e. The van der Waals surface area contributed by atoms with Crippen molar-refractivity contribution < 1.29 is 0 Å². The zero-order chi connectivity index (χ0) is 13.8. The van der Waals surface area contributed by atoms with E-state index in [1.54, 1.807) is 0 Å². The van der Waals surface area contributed by atoms with E-state index >= 15 is 0 Å². The van der Waals surface area contributed by atoms with E-state index in [9.17, 15) is 0 Å². The predicted octanol–water partition coefficient (Wildman–Crippen LogP) is 4.31. The quantitative estimate of drug-likeness (QED) is 0.896. The molecule has 0 saturated heterocycles. The van der Waals surface area contributed by atoms with Crippen molar-refractivity contribution in [3.05, 3.63) is 47.8 Å². The van der Waals surface area contributed by atoms with E-state index in [0.29, 0.717) is 6.04 Å². The lowest BCUT2D eigenvalue weighted by atomic mass is 9.95. The third kappa shape index (κ3) is 3.03. The third-order valence-corrected chi connectivity index (χ3v) is 4.21. The molecule has 0 spiro atoms. The van der Waals surface area contributed by atoms with Crippen LogP contribution in [0, 0.1) is 6.92 Å². The number of benzene rings is 1. The standard InChI is InChI=1S/C17H23N3/c1-14-7-9-15(10-8-14)13-19-17-18-11-12-20(17)16-5-3-2-4-6-16/h7-12,16H,2-6,13H2,1H3,(H,18,19). The molecular weight excluding hydrogens is 246 g/mol. The van der Waals surface area contributed by atoms with Gasteiger partial charge in [0.25, 0.3) is 0 Å². The largest absolute Gasteiger partial charge is 0.352 e. The Bertz CT molecular complexity index is 536. The van der Waals surface area contributed by atoms with E-state index in [4.69, 9.17) is 0 Å². The summed E-state index contributed by atoms with van der Waals surface area (Å²) in [5.41, 5.74) is 2.60. The second kappa shape index (κ2) is 6.12. The topological polar surface area (TPSA) is 29.9 Å². The summed E-state index contributed by atoms with van der Waals surface area (Å²) in [7, 11) is 0. The molecule has 1 heterocycles. The molecule has 0 atom stereocenters. The molecule has 0 amide bonds. The van der Waals surface area contributed by atoms with Gasteiger partial charge in [-0.2, -0.15) is 0 Å². The Kier molecular flexibility index (Phi) is 4.05. The van der Waals surface area contributed by atoms with E-state index < -0.39 is 0 Å². The molecule has 1 aromatic heterocycles. The minimum absolute atomic E-state index is 0.631. The molecule has 0 bridgehead atoms. The Morgan fingerprint density at radius 3 is 2.65 bits per heavy atom. The molecular formula is C17H23N3. The van der Waals surface area contributed by atoms with Gasteiger partial charge in [0.1, 0.15) is 0 Å². The molecule has 1 fully saturated rings. The minimum Gasteiger partial charge on any atom is -0.352 e. The first-order valence-electron chi connectivity index (χ1n) is 7.65. The molecule has 1 aliphatic rings. The summed E-state index contributed by atoms with van der Waals surface area (Å²) in [6, 6.07) is 9.30. The zero-order valence-electron chi connectivity index (χ0n) is 12.2. The number of imidazole rings is 1. The lowest BCUT2D eigenvalue weighted by Crippen LogP contribution is -2.15. The first kappa shape index (κ1) is 13.2. The van der Waals surface area contributed by atoms with Crippen LogP contribution in [-0.2, 0) is 6.54 Å². The summed E-state index contributed by atoms with van der Waals surface area (Å²) < 4.78 is 2.33. The van der Waals surface area contributed by atoms with Gasteiger partial charge >= 0.3 is 0 Å². The second-order valence-corrected chi connectivity index (χ2v) is 5.79. The molecule has 3 rings (SSSR count). The fourth-order valence-electron chi connectivity index (χ4n) is 2.99. The van der Waals surface area contributed by atoms with Crippen LogP contribution in [0.1, 0.15) is 49.3 Å². The van der Waals surface area contributed by atoms with Crippen molar-refractivity contribution >= 4 is 5.95 Å². The molecule has 1 aromatic carbocycles. The summed E-state index contributed by atoms with van der Waals surface area (Å²) in [5, 5.41) is 3.48. The molecule has 3 heteroatoms. The molecule has 20 heavy (non-hydrogen) atoms. The van der Waals surface area contributed by atoms with Crippen molar-refractivity contribution in [1.29, 1.82) is 0 Å². The van der Waals surface area contributed by atoms with Gasteiger partial charge in [0.15, 0.2) is 0 Å². The van der Waals surface area contributed by atoms with E-state index in [2.05, 4.69) is 52.3 Å². The third-order valence-electron chi connectivity index (χ3n) is 4.21. The van der Waals surface area contributed by atoms with Crippen LogP contribution in [0.2, 0.25) is 0 Å². The van der Waals surface area contributed by atoms with Crippen LogP contribution in [-0.4, -0.2) is 9.55 Å². The minimum atomic E-state index is 0.631. The molecule has 0 unspecified atom stereocenters. The number of hydrogen-bond donors (Lipinski definition) is 1. The predicted molar refractivity (Wildman–Crippen MR) is 82.9 cm³/mol. The molecule has 1 saturated carbocycles. The van der Waals surface area contributed by atoms with Crippen LogP contribution in [0.15, 0.2) is 36.7 Å². The van der Waals surface area contributed by atoms with E-state index in [-0.39, 0.29) is 0 Å². The summed E-state index contributed by atoms with van der Waals surface area (Å²) in [6.45, 7) is 2.96. The van der Waals surface area contributed by atoms with Crippen LogP contribution in [0.25, 0.3) is 0 Å². The molecule has 0 aliphatic heterocycles. The molecule has 2 aromatic rings. The maximum atomic E-state index is 4.48. The van der Waals surface area contributed by atoms with Crippen LogP contribution in [0.4, 0.5) is 5.95 Å². The van der Waals surface area contributed by atoms with Gasteiger partial charge in [-0.1, -0.05) is 49.1 Å². The lowest BCUT2D eigenvalue weighted by molar-refractivity contribution is 0.356. The van der Waals surface area contributed by atoms with Crippen molar-refractivity contribution in [2.75, 3.05) is 5.32 Å². The Labute approximate surface area is 121 Å². The van der Waals surface area contributed by atoms with Crippen molar-refractivity contribution in [1.82, 2.24) is 9.55 Å². The smallest absolute Gasteiger partial charge is 0.203 e. The highest BCUT2D eigenvalue weighted by Gasteiger charge is 2.17. The van der Waals surface area contributed by atoms with Crippen molar-refractivity contribution in [2.24, 2.45) is 0 Å². The van der Waals surface area contributed by atoms with E-state index in [0.717, 1.165) is 12.5 Å². The number of rotatable bonds is 4. The number of aromatic nitrogens is 2. The molecule has 1 N–H and O–H groups in total. The van der Waals surface area contributed by atoms with Crippen LogP contribution < -0.4 is 5.32 Å².